The molecule has 27 heavy (non-hydrogen) atoms. The molecule has 2 saturated carbocycles. The average molecular weight is 361 g/mol. The van der Waals surface area contributed by atoms with Crippen LogP contribution in [-0.2, 0) is 9.59 Å². The van der Waals surface area contributed by atoms with E-state index in [1.807, 2.05) is 50.2 Å². The molecule has 2 aromatic carbocycles. The number of hydrogen-bond donors (Lipinski definition) is 0. The van der Waals surface area contributed by atoms with Crippen LogP contribution in [-0.4, -0.2) is 11.8 Å². The summed E-state index contributed by atoms with van der Waals surface area (Å²) < 4.78 is 5.94. The number of ether oxygens (including phenoxy) is 1. The number of carbonyl (C=O) groups is 2. The van der Waals surface area contributed by atoms with Crippen molar-refractivity contribution in [2.75, 3.05) is 4.90 Å². The van der Waals surface area contributed by atoms with E-state index in [1.165, 1.54) is 4.90 Å². The molecule has 3 fully saturated rings. The lowest BCUT2D eigenvalue weighted by molar-refractivity contribution is -0.123. The number of hydrogen-bond acceptors (Lipinski definition) is 3. The summed E-state index contributed by atoms with van der Waals surface area (Å²) in [5.74, 6) is 2.15. The summed E-state index contributed by atoms with van der Waals surface area (Å²) in [5.41, 5.74) is 2.96. The van der Waals surface area contributed by atoms with Crippen molar-refractivity contribution in [3.63, 3.8) is 0 Å². The summed E-state index contributed by atoms with van der Waals surface area (Å²) in [6, 6.07) is 13.4. The molecule has 2 aliphatic carbocycles. The fraction of sp³-hybridized carbons (Fsp3) is 0.391. The van der Waals surface area contributed by atoms with Gasteiger partial charge in [-0.05, 0) is 92.5 Å². The molecular formula is C23H23NO3. The molecule has 1 saturated heterocycles. The van der Waals surface area contributed by atoms with E-state index in [-0.39, 0.29) is 23.7 Å². The highest BCUT2D eigenvalue weighted by atomic mass is 16.5. The Labute approximate surface area is 159 Å². The molecule has 0 spiro atoms. The van der Waals surface area contributed by atoms with Gasteiger partial charge in [-0.15, -0.1) is 0 Å². The molecule has 4 nitrogen and oxygen atoms in total. The third-order valence-corrected chi connectivity index (χ3v) is 6.45. The van der Waals surface area contributed by atoms with Crippen molar-refractivity contribution >= 4 is 17.5 Å². The van der Waals surface area contributed by atoms with Crippen LogP contribution in [0, 0.1) is 37.5 Å². The molecule has 4 heteroatoms. The van der Waals surface area contributed by atoms with Gasteiger partial charge in [0, 0.05) is 0 Å². The number of amides is 2. The molecular weight excluding hydrogens is 338 g/mol. The van der Waals surface area contributed by atoms with Gasteiger partial charge in [-0.25, -0.2) is 0 Å². The minimum atomic E-state index is -0.0811. The smallest absolute Gasteiger partial charge is 0.237 e. The zero-order valence-electron chi connectivity index (χ0n) is 15.6. The number of benzene rings is 2. The first-order valence-corrected chi connectivity index (χ1v) is 9.75. The van der Waals surface area contributed by atoms with Gasteiger partial charge in [0.2, 0.25) is 11.8 Å². The lowest BCUT2D eigenvalue weighted by Gasteiger charge is -2.19. The van der Waals surface area contributed by atoms with Crippen molar-refractivity contribution in [3.8, 4) is 11.5 Å². The Morgan fingerprint density at radius 2 is 1.37 bits per heavy atom. The molecule has 138 valence electrons. The number of imide groups is 1. The van der Waals surface area contributed by atoms with E-state index in [0.717, 1.165) is 36.1 Å². The minimum absolute atomic E-state index is 0.000164. The topological polar surface area (TPSA) is 46.6 Å². The standard InChI is InChI=1S/C23H23NO3/c1-13-9-14(2)11-19(10-13)27-18-7-5-17(6-8-18)24-22(25)20-15-3-4-16(12-15)21(20)23(24)26/h5-11,15-16,20-21H,3-4,12H2,1-2H3. The molecule has 2 bridgehead atoms. The Hall–Kier alpha value is -2.62. The lowest BCUT2D eigenvalue weighted by atomic mass is 9.81. The second-order valence-corrected chi connectivity index (χ2v) is 8.32. The molecule has 5 rings (SSSR count). The van der Waals surface area contributed by atoms with Gasteiger partial charge >= 0.3 is 0 Å². The molecule has 4 atom stereocenters. The maximum Gasteiger partial charge on any atom is 0.237 e. The third-order valence-electron chi connectivity index (χ3n) is 6.45. The van der Waals surface area contributed by atoms with Crippen molar-refractivity contribution in [2.45, 2.75) is 33.1 Å². The first-order valence-electron chi connectivity index (χ1n) is 9.75. The summed E-state index contributed by atoms with van der Waals surface area (Å²) in [6.45, 7) is 4.08. The van der Waals surface area contributed by atoms with Crippen LogP contribution in [0.3, 0.4) is 0 Å². The fourth-order valence-corrected chi connectivity index (χ4v) is 5.45. The highest BCUT2D eigenvalue weighted by molar-refractivity contribution is 6.22. The highest BCUT2D eigenvalue weighted by Gasteiger charge is 2.61. The number of carbonyl (C=O) groups excluding carboxylic acids is 2. The summed E-state index contributed by atoms with van der Waals surface area (Å²) in [5, 5.41) is 0. The predicted octanol–water partition coefficient (Wildman–Crippen LogP) is 4.63. The van der Waals surface area contributed by atoms with Crippen LogP contribution in [0.5, 0.6) is 11.5 Å². The SMILES string of the molecule is Cc1cc(C)cc(Oc2ccc(N3C(=O)C4C5CCC(C5)C4C3=O)cc2)c1. The van der Waals surface area contributed by atoms with Gasteiger partial charge in [-0.1, -0.05) is 6.07 Å². The zero-order chi connectivity index (χ0) is 18.7. The molecule has 0 aromatic heterocycles. The van der Waals surface area contributed by atoms with E-state index in [0.29, 0.717) is 23.3 Å². The number of aryl methyl sites for hydroxylation is 2. The van der Waals surface area contributed by atoms with Crippen LogP contribution >= 0.6 is 0 Å². The largest absolute Gasteiger partial charge is 0.457 e. The fourth-order valence-electron chi connectivity index (χ4n) is 5.45. The van der Waals surface area contributed by atoms with Gasteiger partial charge in [0.1, 0.15) is 11.5 Å². The average Bonchev–Trinajstić information content (AvgIpc) is 3.29. The Kier molecular flexibility index (Phi) is 3.64. The van der Waals surface area contributed by atoms with Crippen molar-refractivity contribution in [2.24, 2.45) is 23.7 Å². The normalized spacial score (nSPS) is 28.7. The molecule has 1 heterocycles. The quantitative estimate of drug-likeness (QED) is 0.749. The predicted molar refractivity (Wildman–Crippen MR) is 103 cm³/mol. The molecule has 1 aliphatic heterocycles. The van der Waals surface area contributed by atoms with E-state index >= 15 is 0 Å². The van der Waals surface area contributed by atoms with Gasteiger partial charge in [0.05, 0.1) is 17.5 Å². The van der Waals surface area contributed by atoms with Crippen LogP contribution in [0.4, 0.5) is 5.69 Å². The van der Waals surface area contributed by atoms with Crippen LogP contribution in [0.25, 0.3) is 0 Å². The molecule has 4 unspecified atom stereocenters. The maximum atomic E-state index is 12.9. The van der Waals surface area contributed by atoms with E-state index in [2.05, 4.69) is 6.07 Å². The van der Waals surface area contributed by atoms with Crippen molar-refractivity contribution in [1.29, 1.82) is 0 Å². The summed E-state index contributed by atoms with van der Waals surface area (Å²) in [7, 11) is 0. The van der Waals surface area contributed by atoms with E-state index in [4.69, 9.17) is 4.74 Å². The van der Waals surface area contributed by atoms with E-state index in [1.54, 1.807) is 0 Å². The lowest BCUT2D eigenvalue weighted by Crippen LogP contribution is -2.32. The Morgan fingerprint density at radius 1 is 0.815 bits per heavy atom. The summed E-state index contributed by atoms with van der Waals surface area (Å²) in [4.78, 5) is 27.2. The number of rotatable bonds is 3. The Morgan fingerprint density at radius 3 is 1.93 bits per heavy atom. The number of fused-ring (bicyclic) bond motifs is 5. The molecule has 2 amide bonds. The van der Waals surface area contributed by atoms with Crippen LogP contribution in [0.2, 0.25) is 0 Å². The second kappa shape index (κ2) is 5.95. The van der Waals surface area contributed by atoms with E-state index < -0.39 is 0 Å². The monoisotopic (exact) mass is 361 g/mol. The molecule has 3 aliphatic rings. The minimum Gasteiger partial charge on any atom is -0.457 e. The first kappa shape index (κ1) is 16.5. The van der Waals surface area contributed by atoms with Crippen molar-refractivity contribution < 1.29 is 14.3 Å². The number of anilines is 1. The van der Waals surface area contributed by atoms with Gasteiger partial charge in [-0.3, -0.25) is 14.5 Å². The summed E-state index contributed by atoms with van der Waals surface area (Å²) in [6.07, 6.45) is 3.26. The number of nitrogens with zero attached hydrogens (tertiary/aromatic N) is 1. The Bertz CT molecular complexity index is 885. The zero-order valence-corrected chi connectivity index (χ0v) is 15.6. The molecule has 0 N–H and O–H groups in total. The van der Waals surface area contributed by atoms with Gasteiger partial charge < -0.3 is 4.74 Å². The van der Waals surface area contributed by atoms with Gasteiger partial charge in [-0.2, -0.15) is 0 Å². The van der Waals surface area contributed by atoms with Crippen LogP contribution < -0.4 is 9.64 Å². The molecule has 0 radical (unpaired) electrons. The van der Waals surface area contributed by atoms with Gasteiger partial charge in [0.25, 0.3) is 0 Å². The second-order valence-electron chi connectivity index (χ2n) is 8.32. The molecule has 2 aromatic rings. The van der Waals surface area contributed by atoms with Gasteiger partial charge in [0.15, 0.2) is 0 Å². The van der Waals surface area contributed by atoms with E-state index in [9.17, 15) is 9.59 Å². The van der Waals surface area contributed by atoms with Crippen molar-refractivity contribution in [3.05, 3.63) is 53.6 Å². The van der Waals surface area contributed by atoms with Crippen LogP contribution in [0.1, 0.15) is 30.4 Å². The highest BCUT2D eigenvalue weighted by Crippen LogP contribution is 2.56. The Balaban J connectivity index is 1.38. The van der Waals surface area contributed by atoms with Crippen molar-refractivity contribution in [1.82, 2.24) is 0 Å². The summed E-state index contributed by atoms with van der Waals surface area (Å²) >= 11 is 0. The van der Waals surface area contributed by atoms with Crippen LogP contribution in [0.15, 0.2) is 42.5 Å². The maximum absolute atomic E-state index is 12.9. The third kappa shape index (κ3) is 2.58. The first-order chi connectivity index (χ1) is 13.0.